The maximum atomic E-state index is 12.3. The molecule has 0 atom stereocenters. The molecule has 1 fully saturated rings. The van der Waals surface area contributed by atoms with Crippen molar-refractivity contribution in [1.29, 1.82) is 0 Å². The van der Waals surface area contributed by atoms with Crippen LogP contribution >= 0.6 is 24.0 Å². The zero-order valence-corrected chi connectivity index (χ0v) is 15.4. The van der Waals surface area contributed by atoms with Gasteiger partial charge in [0.1, 0.15) is 10.1 Å². The maximum Gasteiger partial charge on any atom is 0.343 e. The predicted molar refractivity (Wildman–Crippen MR) is 103 cm³/mol. The molecule has 1 aliphatic heterocycles. The molecule has 0 saturated carbocycles. The van der Waals surface area contributed by atoms with Crippen LogP contribution in [0, 0.1) is 0 Å². The minimum Gasteiger partial charge on any atom is -0.548 e. The molecular formula is C19H12NO5S2-. The summed E-state index contributed by atoms with van der Waals surface area (Å²) in [5.74, 6) is -2.06. The maximum absolute atomic E-state index is 12.3. The lowest BCUT2D eigenvalue weighted by Crippen LogP contribution is -2.40. The summed E-state index contributed by atoms with van der Waals surface area (Å²) in [7, 11) is 0. The number of carboxylic acids is 1. The first-order chi connectivity index (χ1) is 12.9. The molecule has 0 N–H and O–H groups in total. The highest BCUT2D eigenvalue weighted by Crippen LogP contribution is 2.32. The fourth-order valence-corrected chi connectivity index (χ4v) is 3.58. The number of thioether (sulfide) groups is 1. The van der Waals surface area contributed by atoms with Crippen LogP contribution in [0.5, 0.6) is 5.75 Å². The molecule has 2 aromatic carbocycles. The van der Waals surface area contributed by atoms with Gasteiger partial charge in [-0.2, -0.15) is 0 Å². The number of hydrogen-bond donors (Lipinski definition) is 0. The summed E-state index contributed by atoms with van der Waals surface area (Å²) in [4.78, 5) is 36.4. The molecular weight excluding hydrogens is 386 g/mol. The molecule has 0 unspecified atom stereocenters. The number of amides is 1. The first-order valence-corrected chi connectivity index (χ1v) is 8.99. The number of carbonyl (C=O) groups is 3. The summed E-state index contributed by atoms with van der Waals surface area (Å²) in [5, 5.41) is 10.7. The van der Waals surface area contributed by atoms with Gasteiger partial charge >= 0.3 is 5.97 Å². The number of esters is 1. The molecule has 3 rings (SSSR count). The van der Waals surface area contributed by atoms with Crippen LogP contribution in [0.2, 0.25) is 0 Å². The highest BCUT2D eigenvalue weighted by Gasteiger charge is 2.31. The monoisotopic (exact) mass is 398 g/mol. The van der Waals surface area contributed by atoms with Crippen molar-refractivity contribution >= 4 is 52.2 Å². The van der Waals surface area contributed by atoms with Crippen molar-refractivity contribution in [2.24, 2.45) is 0 Å². The number of aliphatic carboxylic acids is 1. The number of thiocarbonyl (C=S) groups is 1. The Morgan fingerprint density at radius 1 is 1.15 bits per heavy atom. The highest BCUT2D eigenvalue weighted by molar-refractivity contribution is 8.26. The lowest BCUT2D eigenvalue weighted by molar-refractivity contribution is -0.305. The van der Waals surface area contributed by atoms with E-state index in [1.165, 1.54) is 0 Å². The quantitative estimate of drug-likeness (QED) is 0.329. The Hall–Kier alpha value is -2.97. The van der Waals surface area contributed by atoms with E-state index in [4.69, 9.17) is 17.0 Å². The van der Waals surface area contributed by atoms with E-state index in [1.54, 1.807) is 60.7 Å². The number of carbonyl (C=O) groups excluding carboxylic acids is 3. The van der Waals surface area contributed by atoms with Crippen molar-refractivity contribution in [1.82, 2.24) is 4.90 Å². The number of benzene rings is 2. The normalized spacial score (nSPS) is 15.3. The fraction of sp³-hybridized carbons (Fsp3) is 0.0526. The Morgan fingerprint density at radius 2 is 1.89 bits per heavy atom. The lowest BCUT2D eigenvalue weighted by Gasteiger charge is -2.14. The van der Waals surface area contributed by atoms with E-state index in [2.05, 4.69) is 0 Å². The van der Waals surface area contributed by atoms with Crippen molar-refractivity contribution in [2.75, 3.05) is 6.54 Å². The van der Waals surface area contributed by atoms with Gasteiger partial charge < -0.3 is 14.6 Å². The summed E-state index contributed by atoms with van der Waals surface area (Å²) >= 11 is 6.04. The van der Waals surface area contributed by atoms with Crippen LogP contribution in [0.4, 0.5) is 0 Å². The number of hydrogen-bond acceptors (Lipinski definition) is 7. The molecule has 0 spiro atoms. The van der Waals surface area contributed by atoms with Crippen molar-refractivity contribution in [2.45, 2.75) is 0 Å². The number of carboxylic acid groups (broad SMARTS) is 1. The minimum absolute atomic E-state index is 0.155. The molecule has 136 valence electrons. The van der Waals surface area contributed by atoms with E-state index in [0.29, 0.717) is 16.9 Å². The number of nitrogens with zero attached hydrogens (tertiary/aromatic N) is 1. The standard InChI is InChI=1S/C19H13NO5S2/c21-16(22)11-20-17(23)15(27-19(20)26)10-12-5-4-8-14(9-12)25-18(24)13-6-2-1-3-7-13/h1-10H,11H2,(H,21,22)/p-1/b15-10+. The molecule has 1 heterocycles. The minimum atomic E-state index is -1.39. The second-order valence-corrected chi connectivity index (χ2v) is 7.14. The van der Waals surface area contributed by atoms with Crippen LogP contribution in [0.3, 0.4) is 0 Å². The van der Waals surface area contributed by atoms with E-state index in [-0.39, 0.29) is 9.23 Å². The van der Waals surface area contributed by atoms with Crippen LogP contribution in [0.15, 0.2) is 59.5 Å². The third-order valence-corrected chi connectivity index (χ3v) is 4.91. The highest BCUT2D eigenvalue weighted by atomic mass is 32.2. The summed E-state index contributed by atoms with van der Waals surface area (Å²) < 4.78 is 5.50. The van der Waals surface area contributed by atoms with Crippen LogP contribution in [-0.4, -0.2) is 33.6 Å². The Morgan fingerprint density at radius 3 is 2.59 bits per heavy atom. The topological polar surface area (TPSA) is 86.7 Å². The summed E-state index contributed by atoms with van der Waals surface area (Å²) in [5.41, 5.74) is 1.04. The third kappa shape index (κ3) is 4.60. The molecule has 2 aromatic rings. The van der Waals surface area contributed by atoms with Crippen LogP contribution in [-0.2, 0) is 9.59 Å². The van der Waals surface area contributed by atoms with Gasteiger partial charge in [0.15, 0.2) is 0 Å². The van der Waals surface area contributed by atoms with E-state index in [1.807, 2.05) is 0 Å². The lowest BCUT2D eigenvalue weighted by atomic mass is 10.2. The Balaban J connectivity index is 1.77. The van der Waals surface area contributed by atoms with Crippen molar-refractivity contribution in [3.63, 3.8) is 0 Å². The van der Waals surface area contributed by atoms with Gasteiger partial charge in [0.05, 0.1) is 23.0 Å². The van der Waals surface area contributed by atoms with Gasteiger partial charge in [-0.25, -0.2) is 4.79 Å². The van der Waals surface area contributed by atoms with Gasteiger partial charge in [0, 0.05) is 0 Å². The first kappa shape index (κ1) is 18.8. The SMILES string of the molecule is O=C([O-])CN1C(=O)/C(=C\c2cccc(OC(=O)c3ccccc3)c2)SC1=S. The van der Waals surface area contributed by atoms with Crippen molar-refractivity contribution in [3.8, 4) is 5.75 Å². The van der Waals surface area contributed by atoms with E-state index >= 15 is 0 Å². The van der Waals surface area contributed by atoms with Gasteiger partial charge in [-0.3, -0.25) is 9.69 Å². The zero-order valence-electron chi connectivity index (χ0n) is 13.8. The predicted octanol–water partition coefficient (Wildman–Crippen LogP) is 1.86. The average molecular weight is 398 g/mol. The van der Waals surface area contributed by atoms with Gasteiger partial charge in [0.2, 0.25) is 0 Å². The van der Waals surface area contributed by atoms with E-state index in [0.717, 1.165) is 16.7 Å². The molecule has 27 heavy (non-hydrogen) atoms. The third-order valence-electron chi connectivity index (χ3n) is 3.54. The van der Waals surface area contributed by atoms with E-state index in [9.17, 15) is 19.5 Å². The smallest absolute Gasteiger partial charge is 0.343 e. The second-order valence-electron chi connectivity index (χ2n) is 5.47. The molecule has 1 amide bonds. The summed E-state index contributed by atoms with van der Waals surface area (Å²) in [6, 6.07) is 15.2. The fourth-order valence-electron chi connectivity index (χ4n) is 2.32. The molecule has 6 nitrogen and oxygen atoms in total. The largest absolute Gasteiger partial charge is 0.548 e. The molecule has 1 saturated heterocycles. The van der Waals surface area contributed by atoms with Gasteiger partial charge in [-0.05, 0) is 35.9 Å². The molecule has 1 aliphatic rings. The molecule has 0 aromatic heterocycles. The Bertz CT molecular complexity index is 956. The zero-order chi connectivity index (χ0) is 19.4. The number of rotatable bonds is 5. The van der Waals surface area contributed by atoms with Crippen molar-refractivity contribution in [3.05, 3.63) is 70.6 Å². The number of ether oxygens (including phenoxy) is 1. The first-order valence-electron chi connectivity index (χ1n) is 7.76. The van der Waals surface area contributed by atoms with Gasteiger partial charge in [-0.1, -0.05) is 54.3 Å². The molecule has 8 heteroatoms. The molecule has 0 bridgehead atoms. The van der Waals surface area contributed by atoms with Gasteiger partial charge in [0.25, 0.3) is 5.91 Å². The Labute approximate surface area is 164 Å². The second kappa shape index (κ2) is 8.15. The molecule has 0 aliphatic carbocycles. The van der Waals surface area contributed by atoms with Crippen LogP contribution in [0.1, 0.15) is 15.9 Å². The van der Waals surface area contributed by atoms with E-state index < -0.39 is 24.4 Å². The van der Waals surface area contributed by atoms with Crippen molar-refractivity contribution < 1.29 is 24.2 Å². The summed E-state index contributed by atoms with van der Waals surface area (Å²) in [6.07, 6.45) is 1.56. The Kier molecular flexibility index (Phi) is 5.68. The molecule has 0 radical (unpaired) electrons. The average Bonchev–Trinajstić information content (AvgIpc) is 2.90. The van der Waals surface area contributed by atoms with Crippen LogP contribution in [0.25, 0.3) is 6.08 Å². The van der Waals surface area contributed by atoms with Gasteiger partial charge in [-0.15, -0.1) is 0 Å². The summed E-state index contributed by atoms with van der Waals surface area (Å²) in [6.45, 7) is -0.587. The van der Waals surface area contributed by atoms with Crippen LogP contribution < -0.4 is 9.84 Å².